The number of carbonyl (C=O) groups excluding carboxylic acids is 1. The van der Waals surface area contributed by atoms with E-state index in [4.69, 9.17) is 0 Å². The Bertz CT molecular complexity index is 414. The molecule has 1 fully saturated rings. The molecule has 4 heteroatoms. The normalized spacial score (nSPS) is 18.0. The first-order valence-electron chi connectivity index (χ1n) is 5.85. The number of nitrogens with one attached hydrogen (secondary N) is 1. The fraction of sp³-hybridized carbons (Fsp3) is 0.462. The minimum absolute atomic E-state index is 0.241. The first-order chi connectivity index (χ1) is 8.10. The summed E-state index contributed by atoms with van der Waals surface area (Å²) in [5.41, 5.74) is -0.110. The number of hydrogen-bond donors (Lipinski definition) is 2. The first-order valence-corrected chi connectivity index (χ1v) is 6.65. The quantitative estimate of drug-likeness (QED) is 0.900. The predicted molar refractivity (Wildman–Crippen MR) is 69.4 cm³/mol. The van der Waals surface area contributed by atoms with E-state index in [1.165, 1.54) is 0 Å². The molecule has 1 aromatic rings. The number of rotatable bonds is 3. The molecule has 0 heterocycles. The highest BCUT2D eigenvalue weighted by atomic mass is 79.9. The molecule has 0 aliphatic heterocycles. The van der Waals surface area contributed by atoms with Gasteiger partial charge in [-0.25, -0.2) is 0 Å². The van der Waals surface area contributed by atoms with Gasteiger partial charge in [-0.15, -0.1) is 0 Å². The van der Waals surface area contributed by atoms with Crippen molar-refractivity contribution in [3.05, 3.63) is 34.3 Å². The Balaban J connectivity index is 1.92. The van der Waals surface area contributed by atoms with Crippen LogP contribution < -0.4 is 5.32 Å². The summed E-state index contributed by atoms with van der Waals surface area (Å²) in [6.07, 6.45) is 3.02. The second kappa shape index (κ2) is 5.19. The fourth-order valence-corrected chi connectivity index (χ4v) is 2.63. The number of benzene rings is 1. The van der Waals surface area contributed by atoms with Crippen molar-refractivity contribution in [1.82, 2.24) is 5.32 Å². The molecular formula is C13H16BrNO2. The van der Waals surface area contributed by atoms with Gasteiger partial charge in [0.2, 0.25) is 0 Å². The van der Waals surface area contributed by atoms with Crippen LogP contribution in [0.2, 0.25) is 0 Å². The molecule has 0 bridgehead atoms. The number of aliphatic hydroxyl groups is 1. The number of amides is 1. The second-order valence-corrected chi connectivity index (χ2v) is 5.47. The maximum absolute atomic E-state index is 11.9. The predicted octanol–water partition coefficient (Wildman–Crippen LogP) is 2.37. The zero-order chi connectivity index (χ0) is 12.3. The summed E-state index contributed by atoms with van der Waals surface area (Å²) in [6.45, 7) is 0.459. The third kappa shape index (κ3) is 3.07. The Morgan fingerprint density at radius 3 is 2.76 bits per heavy atom. The SMILES string of the molecule is O=C(NCc1cccc(Br)c1)C1(O)CCCC1. The molecule has 1 aliphatic carbocycles. The highest BCUT2D eigenvalue weighted by molar-refractivity contribution is 9.10. The molecule has 0 atom stereocenters. The standard InChI is InChI=1S/C13H16BrNO2/c14-11-5-3-4-10(8-11)9-15-12(16)13(17)6-1-2-7-13/h3-5,8,17H,1-2,6-7,9H2,(H,15,16). The van der Waals surface area contributed by atoms with Gasteiger partial charge in [0.25, 0.3) is 5.91 Å². The van der Waals surface area contributed by atoms with Crippen LogP contribution in [0.15, 0.2) is 28.7 Å². The molecule has 1 saturated carbocycles. The summed E-state index contributed by atoms with van der Waals surface area (Å²) < 4.78 is 0.990. The molecule has 3 nitrogen and oxygen atoms in total. The Labute approximate surface area is 109 Å². The average molecular weight is 298 g/mol. The molecule has 0 spiro atoms. The van der Waals surface area contributed by atoms with Crippen molar-refractivity contribution in [3.8, 4) is 0 Å². The Kier molecular flexibility index (Phi) is 3.84. The van der Waals surface area contributed by atoms with Crippen molar-refractivity contribution in [3.63, 3.8) is 0 Å². The number of halogens is 1. The van der Waals surface area contributed by atoms with Crippen LogP contribution in [-0.4, -0.2) is 16.6 Å². The molecule has 0 aromatic heterocycles. The summed E-state index contributed by atoms with van der Waals surface area (Å²) in [7, 11) is 0. The lowest BCUT2D eigenvalue weighted by Crippen LogP contribution is -2.44. The molecule has 1 aromatic carbocycles. The largest absolute Gasteiger partial charge is 0.380 e. The minimum Gasteiger partial charge on any atom is -0.380 e. The summed E-state index contributed by atoms with van der Waals surface area (Å²) in [5, 5.41) is 12.9. The van der Waals surface area contributed by atoms with Crippen molar-refractivity contribution in [2.75, 3.05) is 0 Å². The van der Waals surface area contributed by atoms with E-state index >= 15 is 0 Å². The molecule has 0 radical (unpaired) electrons. The van der Waals surface area contributed by atoms with E-state index in [2.05, 4.69) is 21.2 Å². The van der Waals surface area contributed by atoms with Gasteiger partial charge in [0, 0.05) is 11.0 Å². The van der Waals surface area contributed by atoms with Crippen LogP contribution in [0.25, 0.3) is 0 Å². The minimum atomic E-state index is -1.13. The van der Waals surface area contributed by atoms with Gasteiger partial charge in [-0.3, -0.25) is 4.79 Å². The first kappa shape index (κ1) is 12.6. The van der Waals surface area contributed by atoms with E-state index < -0.39 is 5.60 Å². The zero-order valence-corrected chi connectivity index (χ0v) is 11.2. The van der Waals surface area contributed by atoms with E-state index in [9.17, 15) is 9.90 Å². The van der Waals surface area contributed by atoms with E-state index in [0.29, 0.717) is 19.4 Å². The third-order valence-electron chi connectivity index (χ3n) is 3.20. The summed E-state index contributed by atoms with van der Waals surface area (Å²) in [4.78, 5) is 11.9. The van der Waals surface area contributed by atoms with Crippen molar-refractivity contribution < 1.29 is 9.90 Å². The van der Waals surface area contributed by atoms with Crippen molar-refractivity contribution in [2.24, 2.45) is 0 Å². The van der Waals surface area contributed by atoms with Crippen molar-refractivity contribution in [1.29, 1.82) is 0 Å². The van der Waals surface area contributed by atoms with Crippen molar-refractivity contribution in [2.45, 2.75) is 37.8 Å². The van der Waals surface area contributed by atoms with Crippen molar-refractivity contribution >= 4 is 21.8 Å². The summed E-state index contributed by atoms with van der Waals surface area (Å²) in [5.74, 6) is -0.241. The smallest absolute Gasteiger partial charge is 0.252 e. The van der Waals surface area contributed by atoms with Crippen LogP contribution in [-0.2, 0) is 11.3 Å². The van der Waals surface area contributed by atoms with Crippen LogP contribution in [0.1, 0.15) is 31.2 Å². The molecule has 17 heavy (non-hydrogen) atoms. The second-order valence-electron chi connectivity index (χ2n) is 4.55. The summed E-state index contributed by atoms with van der Waals surface area (Å²) in [6, 6.07) is 7.77. The van der Waals surface area contributed by atoms with E-state index in [1.54, 1.807) is 0 Å². The maximum atomic E-state index is 11.9. The number of hydrogen-bond acceptors (Lipinski definition) is 2. The fourth-order valence-electron chi connectivity index (χ4n) is 2.18. The average Bonchev–Trinajstić information content (AvgIpc) is 2.74. The van der Waals surface area contributed by atoms with Gasteiger partial charge in [-0.05, 0) is 43.4 Å². The maximum Gasteiger partial charge on any atom is 0.252 e. The Morgan fingerprint density at radius 2 is 2.12 bits per heavy atom. The molecule has 2 N–H and O–H groups in total. The van der Waals surface area contributed by atoms with Gasteiger partial charge in [0.15, 0.2) is 0 Å². The molecule has 0 saturated heterocycles. The Morgan fingerprint density at radius 1 is 1.41 bits per heavy atom. The molecular weight excluding hydrogens is 282 g/mol. The lowest BCUT2D eigenvalue weighted by atomic mass is 10.0. The van der Waals surface area contributed by atoms with E-state index in [-0.39, 0.29) is 5.91 Å². The number of carbonyl (C=O) groups is 1. The Hall–Kier alpha value is -0.870. The highest BCUT2D eigenvalue weighted by Gasteiger charge is 2.38. The summed E-state index contributed by atoms with van der Waals surface area (Å²) >= 11 is 3.38. The van der Waals surface area contributed by atoms with Crippen LogP contribution in [0, 0.1) is 0 Å². The van der Waals surface area contributed by atoms with Gasteiger partial charge >= 0.3 is 0 Å². The van der Waals surface area contributed by atoms with Crippen LogP contribution in [0.3, 0.4) is 0 Å². The molecule has 1 aliphatic rings. The van der Waals surface area contributed by atoms with Gasteiger partial charge in [-0.2, -0.15) is 0 Å². The van der Waals surface area contributed by atoms with Crippen LogP contribution in [0.4, 0.5) is 0 Å². The highest BCUT2D eigenvalue weighted by Crippen LogP contribution is 2.29. The lowest BCUT2D eigenvalue weighted by Gasteiger charge is -2.20. The molecule has 0 unspecified atom stereocenters. The topological polar surface area (TPSA) is 49.3 Å². The molecule has 2 rings (SSSR count). The van der Waals surface area contributed by atoms with E-state index in [1.807, 2.05) is 24.3 Å². The third-order valence-corrected chi connectivity index (χ3v) is 3.69. The van der Waals surface area contributed by atoms with Crippen LogP contribution in [0.5, 0.6) is 0 Å². The lowest BCUT2D eigenvalue weighted by molar-refractivity contribution is -0.139. The van der Waals surface area contributed by atoms with E-state index in [0.717, 1.165) is 22.9 Å². The van der Waals surface area contributed by atoms with Gasteiger partial charge in [0.1, 0.15) is 5.60 Å². The van der Waals surface area contributed by atoms with Gasteiger partial charge in [0.05, 0.1) is 0 Å². The van der Waals surface area contributed by atoms with Gasteiger partial charge < -0.3 is 10.4 Å². The van der Waals surface area contributed by atoms with Gasteiger partial charge in [-0.1, -0.05) is 28.1 Å². The van der Waals surface area contributed by atoms with Crippen LogP contribution >= 0.6 is 15.9 Å². The molecule has 92 valence electrons. The monoisotopic (exact) mass is 297 g/mol. The zero-order valence-electron chi connectivity index (χ0n) is 9.58. The molecule has 1 amide bonds.